The Morgan fingerprint density at radius 3 is 2.62 bits per heavy atom. The highest BCUT2D eigenvalue weighted by Gasteiger charge is 2.27. The van der Waals surface area contributed by atoms with Crippen molar-refractivity contribution < 1.29 is 9.59 Å². The van der Waals surface area contributed by atoms with Gasteiger partial charge in [0.15, 0.2) is 0 Å². The average molecular weight is 366 g/mol. The molecule has 3 rings (SSSR count). The Morgan fingerprint density at radius 2 is 1.92 bits per heavy atom. The van der Waals surface area contributed by atoms with Crippen LogP contribution >= 0.6 is 11.8 Å². The van der Waals surface area contributed by atoms with E-state index < -0.39 is 0 Å². The van der Waals surface area contributed by atoms with Crippen molar-refractivity contribution >= 4 is 35.0 Å². The van der Waals surface area contributed by atoms with Gasteiger partial charge in [-0.25, -0.2) is 0 Å². The summed E-state index contributed by atoms with van der Waals surface area (Å²) in [6, 6.07) is 17.6. The highest BCUT2D eigenvalue weighted by Crippen LogP contribution is 2.28. The fraction of sp³-hybridized carbons (Fsp3) is 0.238. The van der Waals surface area contributed by atoms with Gasteiger partial charge in [-0.05, 0) is 42.5 Å². The molecule has 5 heteroatoms. The average Bonchev–Trinajstić information content (AvgIpc) is 2.65. The van der Waals surface area contributed by atoms with Crippen LogP contribution < -0.4 is 4.90 Å². The number of benzene rings is 2. The number of aryl methyl sites for hydroxylation is 1. The minimum Gasteiger partial charge on any atom is -0.311 e. The zero-order valence-corrected chi connectivity index (χ0v) is 15.8. The number of amides is 2. The van der Waals surface area contributed by atoms with Gasteiger partial charge in [-0.2, -0.15) is 0 Å². The molecule has 0 aliphatic carbocycles. The van der Waals surface area contributed by atoms with Gasteiger partial charge in [0.05, 0.1) is 11.4 Å². The minimum atomic E-state index is -0.0832. The zero-order valence-electron chi connectivity index (χ0n) is 15.0. The second-order valence-electron chi connectivity index (χ2n) is 6.14. The van der Waals surface area contributed by atoms with E-state index in [2.05, 4.69) is 0 Å². The summed E-state index contributed by atoms with van der Waals surface area (Å²) in [5.41, 5.74) is 3.70. The van der Waals surface area contributed by atoms with E-state index >= 15 is 0 Å². The summed E-state index contributed by atoms with van der Waals surface area (Å²) in [6.45, 7) is 4.55. The fourth-order valence-electron chi connectivity index (χ4n) is 2.99. The van der Waals surface area contributed by atoms with E-state index in [9.17, 15) is 9.59 Å². The van der Waals surface area contributed by atoms with Gasteiger partial charge in [-0.15, -0.1) is 11.8 Å². The molecular weight excluding hydrogens is 344 g/mol. The summed E-state index contributed by atoms with van der Waals surface area (Å²) in [6.07, 6.45) is 0. The lowest BCUT2D eigenvalue weighted by molar-refractivity contribution is -0.130. The highest BCUT2D eigenvalue weighted by molar-refractivity contribution is 8.03. The van der Waals surface area contributed by atoms with Gasteiger partial charge in [0.2, 0.25) is 11.8 Å². The number of thioether (sulfide) groups is 1. The molecule has 0 saturated carbocycles. The maximum atomic E-state index is 13.0. The Labute approximate surface area is 158 Å². The van der Waals surface area contributed by atoms with Crippen LogP contribution in [0.5, 0.6) is 0 Å². The first kappa shape index (κ1) is 18.3. The molecule has 0 unspecified atom stereocenters. The van der Waals surface area contributed by atoms with E-state index in [1.54, 1.807) is 9.80 Å². The van der Waals surface area contributed by atoms with Crippen LogP contribution in [0.3, 0.4) is 0 Å². The number of hydrogen-bond acceptors (Lipinski definition) is 3. The molecule has 0 radical (unpaired) electrons. The number of carbonyl (C=O) groups excluding carboxylic acids is 2. The Morgan fingerprint density at radius 1 is 1.15 bits per heavy atom. The third-order valence-electron chi connectivity index (χ3n) is 4.29. The molecule has 0 fully saturated rings. The molecule has 1 heterocycles. The first-order valence-electron chi connectivity index (χ1n) is 8.64. The van der Waals surface area contributed by atoms with Crippen LogP contribution in [0.4, 0.5) is 5.69 Å². The van der Waals surface area contributed by atoms with Crippen LogP contribution in [0.2, 0.25) is 0 Å². The lowest BCUT2D eigenvalue weighted by atomic mass is 10.1. The van der Waals surface area contributed by atoms with Crippen molar-refractivity contribution in [2.45, 2.75) is 13.8 Å². The fourth-order valence-corrected chi connectivity index (χ4v) is 3.80. The van der Waals surface area contributed by atoms with Gasteiger partial charge in [0.25, 0.3) is 0 Å². The van der Waals surface area contributed by atoms with Gasteiger partial charge in [0, 0.05) is 12.2 Å². The largest absolute Gasteiger partial charge is 0.311 e. The van der Waals surface area contributed by atoms with Gasteiger partial charge < -0.3 is 9.80 Å². The Kier molecular flexibility index (Phi) is 5.78. The number of likely N-dealkylation sites (N-methyl/N-ethyl adjacent to an activating group) is 1. The summed E-state index contributed by atoms with van der Waals surface area (Å²) in [7, 11) is 0. The quantitative estimate of drug-likeness (QED) is 0.805. The molecule has 0 atom stereocenters. The summed E-state index contributed by atoms with van der Waals surface area (Å²) >= 11 is 1.47. The third-order valence-corrected chi connectivity index (χ3v) is 5.09. The van der Waals surface area contributed by atoms with Crippen molar-refractivity contribution in [1.82, 2.24) is 4.90 Å². The summed E-state index contributed by atoms with van der Waals surface area (Å²) in [5, 5.41) is 1.97. The van der Waals surface area contributed by atoms with Gasteiger partial charge in [-0.1, -0.05) is 42.5 Å². The number of rotatable bonds is 5. The molecular formula is C21H22N2O2S. The zero-order chi connectivity index (χ0) is 18.5. The maximum absolute atomic E-state index is 13.0. The predicted molar refractivity (Wildman–Crippen MR) is 108 cm³/mol. The van der Waals surface area contributed by atoms with Crippen LogP contribution in [0.15, 0.2) is 60.0 Å². The Hall–Kier alpha value is -2.53. The van der Waals surface area contributed by atoms with Crippen molar-refractivity contribution in [3.8, 4) is 0 Å². The number of anilines is 1. The smallest absolute Gasteiger partial charge is 0.247 e. The second kappa shape index (κ2) is 8.23. The summed E-state index contributed by atoms with van der Waals surface area (Å²) in [5.74, 6) is 0.241. The molecule has 26 heavy (non-hydrogen) atoms. The molecule has 1 aliphatic heterocycles. The molecule has 0 saturated heterocycles. The molecule has 0 aromatic heterocycles. The summed E-state index contributed by atoms with van der Waals surface area (Å²) in [4.78, 5) is 28.8. The van der Waals surface area contributed by atoms with Gasteiger partial charge >= 0.3 is 0 Å². The normalized spacial score (nSPS) is 14.2. The van der Waals surface area contributed by atoms with Crippen molar-refractivity contribution in [2.24, 2.45) is 0 Å². The topological polar surface area (TPSA) is 40.6 Å². The predicted octanol–water partition coefficient (Wildman–Crippen LogP) is 3.92. The molecule has 0 N–H and O–H groups in total. The Balaban J connectivity index is 1.84. The monoisotopic (exact) mass is 366 g/mol. The van der Waals surface area contributed by atoms with Crippen LogP contribution in [-0.4, -0.2) is 35.6 Å². The standard InChI is InChI=1S/C21H22N2O2S/c1-3-22(18-11-7-8-16(2)12-18)20(24)13-23-19(14-26-15-21(23)25)17-9-5-4-6-10-17/h4-12,14H,3,13,15H2,1-2H3. The molecule has 2 amide bonds. The lowest BCUT2D eigenvalue weighted by Gasteiger charge is -2.30. The van der Waals surface area contributed by atoms with E-state index in [1.165, 1.54) is 11.8 Å². The van der Waals surface area contributed by atoms with Gasteiger partial charge in [0.1, 0.15) is 6.54 Å². The SMILES string of the molecule is CCN(C(=O)CN1C(=O)CSC=C1c1ccccc1)c1cccc(C)c1. The molecule has 1 aliphatic rings. The first-order chi connectivity index (χ1) is 12.6. The number of hydrogen-bond donors (Lipinski definition) is 0. The van der Waals surface area contributed by atoms with E-state index in [1.807, 2.05) is 73.9 Å². The summed E-state index contributed by atoms with van der Waals surface area (Å²) < 4.78 is 0. The molecule has 2 aromatic carbocycles. The van der Waals surface area contributed by atoms with Gasteiger partial charge in [-0.3, -0.25) is 9.59 Å². The van der Waals surface area contributed by atoms with Crippen LogP contribution in [0, 0.1) is 6.92 Å². The maximum Gasteiger partial charge on any atom is 0.247 e. The van der Waals surface area contributed by atoms with Crippen molar-refractivity contribution in [2.75, 3.05) is 23.7 Å². The van der Waals surface area contributed by atoms with E-state index in [4.69, 9.17) is 0 Å². The van der Waals surface area contributed by atoms with E-state index in [-0.39, 0.29) is 18.4 Å². The molecule has 2 aromatic rings. The molecule has 134 valence electrons. The molecule has 0 bridgehead atoms. The number of nitrogens with zero attached hydrogens (tertiary/aromatic N) is 2. The highest BCUT2D eigenvalue weighted by atomic mass is 32.2. The first-order valence-corrected chi connectivity index (χ1v) is 9.69. The van der Waals surface area contributed by atoms with Crippen molar-refractivity contribution in [3.63, 3.8) is 0 Å². The third kappa shape index (κ3) is 3.99. The lowest BCUT2D eigenvalue weighted by Crippen LogP contribution is -2.43. The van der Waals surface area contributed by atoms with E-state index in [0.717, 1.165) is 22.5 Å². The Bertz CT molecular complexity index is 833. The molecule has 4 nitrogen and oxygen atoms in total. The van der Waals surface area contributed by atoms with E-state index in [0.29, 0.717) is 12.3 Å². The van der Waals surface area contributed by atoms with Crippen molar-refractivity contribution in [3.05, 3.63) is 71.1 Å². The van der Waals surface area contributed by atoms with Crippen LogP contribution in [-0.2, 0) is 9.59 Å². The second-order valence-corrected chi connectivity index (χ2v) is 6.99. The van der Waals surface area contributed by atoms with Crippen molar-refractivity contribution in [1.29, 1.82) is 0 Å². The van der Waals surface area contributed by atoms with Crippen LogP contribution in [0.1, 0.15) is 18.1 Å². The van der Waals surface area contributed by atoms with Crippen LogP contribution in [0.25, 0.3) is 5.70 Å². The minimum absolute atomic E-state index is 0.0370. The molecule has 0 spiro atoms. The number of carbonyl (C=O) groups is 2.